The molecule has 2 nitrogen and oxygen atoms in total. The number of nitrogens with zero attached hydrogens (tertiary/aromatic N) is 1. The topological polar surface area (TPSA) is 21.6 Å². The summed E-state index contributed by atoms with van der Waals surface area (Å²) in [7, 11) is 1.34. The first-order valence-electron chi connectivity index (χ1n) is 3.99. The lowest BCUT2D eigenvalue weighted by Gasteiger charge is -2.07. The van der Waals surface area contributed by atoms with Crippen molar-refractivity contribution < 1.29 is 17.9 Å². The van der Waals surface area contributed by atoms with E-state index in [-0.39, 0.29) is 11.4 Å². The zero-order valence-corrected chi connectivity index (χ0v) is 10.3. The molecule has 0 aromatic heterocycles. The highest BCUT2D eigenvalue weighted by Crippen LogP contribution is 2.33. The van der Waals surface area contributed by atoms with E-state index in [0.717, 1.165) is 0 Å². The van der Waals surface area contributed by atoms with Gasteiger partial charge in [0.15, 0.2) is 0 Å². The number of benzene rings is 1. The maximum Gasteiger partial charge on any atom is 0.444 e. The van der Waals surface area contributed by atoms with Crippen LogP contribution in [0.3, 0.4) is 0 Å². The Labute approximate surface area is 103 Å². The first-order valence-corrected chi connectivity index (χ1v) is 5.16. The van der Waals surface area contributed by atoms with Gasteiger partial charge in [0.1, 0.15) is 11.4 Å². The second-order valence-corrected chi connectivity index (χ2v) is 3.99. The Kier molecular flexibility index (Phi) is 4.21. The fraction of sp³-hybridized carbons (Fsp3) is 0.222. The summed E-state index contributed by atoms with van der Waals surface area (Å²) >= 11 is 8.14. The third kappa shape index (κ3) is 3.38. The van der Waals surface area contributed by atoms with Crippen LogP contribution in [0.5, 0.6) is 5.75 Å². The van der Waals surface area contributed by atoms with E-state index in [1.54, 1.807) is 6.07 Å². The first kappa shape index (κ1) is 13.3. The molecule has 0 aliphatic heterocycles. The maximum absolute atomic E-state index is 12.2. The molecule has 16 heavy (non-hydrogen) atoms. The van der Waals surface area contributed by atoms with Crippen molar-refractivity contribution in [3.8, 4) is 5.75 Å². The maximum atomic E-state index is 12.2. The molecule has 0 radical (unpaired) electrons. The molecule has 0 amide bonds. The van der Waals surface area contributed by atoms with E-state index in [4.69, 9.17) is 16.3 Å². The Hall–Kier alpha value is -0.750. The van der Waals surface area contributed by atoms with Gasteiger partial charge in [-0.05, 0) is 18.2 Å². The fourth-order valence-corrected chi connectivity index (χ4v) is 1.36. The van der Waals surface area contributed by atoms with Crippen LogP contribution < -0.4 is 4.74 Å². The molecule has 0 heterocycles. The van der Waals surface area contributed by atoms with Gasteiger partial charge in [-0.1, -0.05) is 27.5 Å². The van der Waals surface area contributed by atoms with Crippen molar-refractivity contribution in [2.24, 2.45) is 4.99 Å². The van der Waals surface area contributed by atoms with E-state index in [9.17, 15) is 13.2 Å². The van der Waals surface area contributed by atoms with E-state index in [0.29, 0.717) is 4.47 Å². The molecular weight excluding hydrogens is 310 g/mol. The summed E-state index contributed by atoms with van der Waals surface area (Å²) in [5.41, 5.74) is 0.0131. The predicted molar refractivity (Wildman–Crippen MR) is 59.7 cm³/mol. The summed E-state index contributed by atoms with van der Waals surface area (Å²) in [4.78, 5) is 3.26. The van der Waals surface area contributed by atoms with Gasteiger partial charge in [-0.3, -0.25) is 0 Å². The molecule has 0 unspecified atom stereocenters. The largest absolute Gasteiger partial charge is 0.494 e. The third-order valence-electron chi connectivity index (χ3n) is 1.59. The summed E-state index contributed by atoms with van der Waals surface area (Å²) in [6.07, 6.45) is -4.66. The van der Waals surface area contributed by atoms with Crippen LogP contribution in [-0.2, 0) is 0 Å². The number of aliphatic imine (C=N–C) groups is 1. The van der Waals surface area contributed by atoms with Crippen LogP contribution in [0.15, 0.2) is 27.7 Å². The van der Waals surface area contributed by atoms with Crippen molar-refractivity contribution in [1.82, 2.24) is 0 Å². The Balaban J connectivity index is 3.18. The average molecular weight is 317 g/mol. The van der Waals surface area contributed by atoms with Crippen LogP contribution in [0.25, 0.3) is 0 Å². The van der Waals surface area contributed by atoms with Gasteiger partial charge in [-0.25, -0.2) is 4.99 Å². The highest BCUT2D eigenvalue weighted by atomic mass is 79.9. The van der Waals surface area contributed by atoms with Crippen LogP contribution in [-0.4, -0.2) is 18.5 Å². The van der Waals surface area contributed by atoms with Crippen LogP contribution in [0, 0.1) is 0 Å². The van der Waals surface area contributed by atoms with Crippen LogP contribution >= 0.6 is 27.5 Å². The molecule has 0 bridgehead atoms. The summed E-state index contributed by atoms with van der Waals surface area (Å²) < 4.78 is 41.9. The van der Waals surface area contributed by atoms with Gasteiger partial charge in [0, 0.05) is 4.47 Å². The van der Waals surface area contributed by atoms with Crippen molar-refractivity contribution in [3.05, 3.63) is 22.7 Å². The van der Waals surface area contributed by atoms with E-state index in [1.165, 1.54) is 19.2 Å². The van der Waals surface area contributed by atoms with Crippen LogP contribution in [0.4, 0.5) is 18.9 Å². The van der Waals surface area contributed by atoms with Gasteiger partial charge in [0.25, 0.3) is 0 Å². The number of rotatable bonds is 2. The molecule has 0 fully saturated rings. The van der Waals surface area contributed by atoms with Gasteiger partial charge in [-0.2, -0.15) is 13.2 Å². The highest BCUT2D eigenvalue weighted by Gasteiger charge is 2.34. The number of methoxy groups -OCH3 is 1. The summed E-state index contributed by atoms with van der Waals surface area (Å²) in [5, 5.41) is -1.44. The predicted octanol–water partition coefficient (Wildman–Crippen LogP) is 4.29. The van der Waals surface area contributed by atoms with Crippen molar-refractivity contribution in [1.29, 1.82) is 0 Å². The molecule has 0 saturated carbocycles. The number of hydrogen-bond acceptors (Lipinski definition) is 2. The minimum atomic E-state index is -4.66. The molecule has 88 valence electrons. The van der Waals surface area contributed by atoms with E-state index >= 15 is 0 Å². The molecule has 0 aliphatic rings. The quantitative estimate of drug-likeness (QED) is 0.746. The van der Waals surface area contributed by atoms with Gasteiger partial charge >= 0.3 is 6.18 Å². The zero-order valence-electron chi connectivity index (χ0n) is 7.98. The lowest BCUT2D eigenvalue weighted by atomic mass is 10.3. The lowest BCUT2D eigenvalue weighted by molar-refractivity contribution is -0.0558. The SMILES string of the molecule is COc1ccc(Br)cc1N=C(Cl)C(F)(F)F. The Bertz CT molecular complexity index is 420. The average Bonchev–Trinajstić information content (AvgIpc) is 2.16. The number of alkyl halides is 3. The van der Waals surface area contributed by atoms with Crippen LogP contribution in [0.1, 0.15) is 0 Å². The summed E-state index contributed by atoms with van der Waals surface area (Å²) in [6, 6.07) is 4.50. The Morgan fingerprint density at radius 1 is 1.44 bits per heavy atom. The summed E-state index contributed by atoms with van der Waals surface area (Å²) in [5.74, 6) is 0.214. The molecule has 1 aromatic carbocycles. The molecule has 0 atom stereocenters. The second kappa shape index (κ2) is 5.05. The standard InChI is InChI=1S/C9H6BrClF3NO/c1-16-7-3-2-5(10)4-6(7)15-8(11)9(12,13)14/h2-4H,1H3. The van der Waals surface area contributed by atoms with E-state index in [1.807, 2.05) is 0 Å². The van der Waals surface area contributed by atoms with Gasteiger partial charge < -0.3 is 4.74 Å². The Morgan fingerprint density at radius 2 is 2.06 bits per heavy atom. The first-order chi connectivity index (χ1) is 7.34. The normalized spacial score (nSPS) is 12.8. The molecule has 0 spiro atoms. The lowest BCUT2D eigenvalue weighted by Crippen LogP contribution is -2.16. The molecular formula is C9H6BrClF3NO. The number of ether oxygens (including phenoxy) is 1. The van der Waals surface area contributed by atoms with E-state index < -0.39 is 11.3 Å². The monoisotopic (exact) mass is 315 g/mol. The van der Waals surface area contributed by atoms with Crippen molar-refractivity contribution in [2.75, 3.05) is 7.11 Å². The minimum Gasteiger partial charge on any atom is -0.494 e. The smallest absolute Gasteiger partial charge is 0.444 e. The number of hydrogen-bond donors (Lipinski definition) is 0. The molecule has 0 saturated heterocycles. The molecule has 0 N–H and O–H groups in total. The van der Waals surface area contributed by atoms with Crippen molar-refractivity contribution in [3.63, 3.8) is 0 Å². The molecule has 7 heteroatoms. The zero-order chi connectivity index (χ0) is 12.3. The Morgan fingerprint density at radius 3 is 2.56 bits per heavy atom. The molecule has 0 aliphatic carbocycles. The third-order valence-corrected chi connectivity index (χ3v) is 2.39. The highest BCUT2D eigenvalue weighted by molar-refractivity contribution is 9.10. The fourth-order valence-electron chi connectivity index (χ4n) is 0.920. The number of halogens is 5. The molecule has 1 aromatic rings. The van der Waals surface area contributed by atoms with Gasteiger partial charge in [-0.15, -0.1) is 0 Å². The van der Waals surface area contributed by atoms with Crippen molar-refractivity contribution >= 4 is 38.4 Å². The van der Waals surface area contributed by atoms with Gasteiger partial charge in [0.05, 0.1) is 7.11 Å². The minimum absolute atomic E-state index is 0.0131. The molecule has 1 rings (SSSR count). The van der Waals surface area contributed by atoms with Crippen LogP contribution in [0.2, 0.25) is 0 Å². The van der Waals surface area contributed by atoms with Gasteiger partial charge in [0.2, 0.25) is 5.17 Å². The van der Waals surface area contributed by atoms with E-state index in [2.05, 4.69) is 20.9 Å². The summed E-state index contributed by atoms with van der Waals surface area (Å²) in [6.45, 7) is 0. The van der Waals surface area contributed by atoms with Crippen molar-refractivity contribution in [2.45, 2.75) is 6.18 Å². The second-order valence-electron chi connectivity index (χ2n) is 2.72.